The van der Waals surface area contributed by atoms with Gasteiger partial charge in [-0.1, -0.05) is 44.1 Å². The maximum Gasteiger partial charge on any atom is 0.279 e. The van der Waals surface area contributed by atoms with Gasteiger partial charge in [-0.2, -0.15) is 9.30 Å². The summed E-state index contributed by atoms with van der Waals surface area (Å²) >= 11 is 1.42. The van der Waals surface area contributed by atoms with Gasteiger partial charge in [-0.15, -0.1) is 0 Å². The number of ether oxygens (including phenoxy) is 1. The molecule has 1 heterocycles. The van der Waals surface area contributed by atoms with E-state index in [0.29, 0.717) is 30.0 Å². The molecule has 34 heavy (non-hydrogen) atoms. The monoisotopic (exact) mass is 503 g/mol. The first-order chi connectivity index (χ1) is 16.4. The van der Waals surface area contributed by atoms with Crippen molar-refractivity contribution in [1.82, 2.24) is 8.87 Å². The van der Waals surface area contributed by atoms with Crippen molar-refractivity contribution < 1.29 is 17.9 Å². The van der Waals surface area contributed by atoms with Gasteiger partial charge in [0.2, 0.25) is 10.0 Å². The number of thiazole rings is 1. The van der Waals surface area contributed by atoms with Gasteiger partial charge in [-0.3, -0.25) is 4.79 Å². The van der Waals surface area contributed by atoms with Crippen LogP contribution >= 0.6 is 11.3 Å². The predicted octanol–water partition coefficient (Wildman–Crippen LogP) is 5.06. The van der Waals surface area contributed by atoms with E-state index in [-0.39, 0.29) is 4.90 Å². The van der Waals surface area contributed by atoms with Crippen LogP contribution in [0.4, 0.5) is 0 Å². The summed E-state index contributed by atoms with van der Waals surface area (Å²) in [5, 5.41) is 0. The van der Waals surface area contributed by atoms with Gasteiger partial charge >= 0.3 is 0 Å². The highest BCUT2D eigenvalue weighted by atomic mass is 32.2. The van der Waals surface area contributed by atoms with Gasteiger partial charge < -0.3 is 9.30 Å². The van der Waals surface area contributed by atoms with Crippen molar-refractivity contribution in [2.45, 2.75) is 57.9 Å². The highest BCUT2D eigenvalue weighted by Gasteiger charge is 2.23. The van der Waals surface area contributed by atoms with Crippen molar-refractivity contribution in [3.63, 3.8) is 0 Å². The second-order valence-electron chi connectivity index (χ2n) is 7.99. The number of carbonyl (C=O) groups excluding carboxylic acids is 1. The number of hydrogen-bond acceptors (Lipinski definition) is 5. The van der Waals surface area contributed by atoms with E-state index in [2.05, 4.69) is 4.99 Å². The van der Waals surface area contributed by atoms with Crippen LogP contribution < -0.4 is 9.54 Å². The number of fused-ring (bicyclic) bond motifs is 1. The summed E-state index contributed by atoms with van der Waals surface area (Å²) in [7, 11) is -1.99. The zero-order valence-electron chi connectivity index (χ0n) is 20.3. The average molecular weight is 504 g/mol. The number of carbonyl (C=O) groups is 1. The highest BCUT2D eigenvalue weighted by molar-refractivity contribution is 7.89. The smallest absolute Gasteiger partial charge is 0.279 e. The minimum atomic E-state index is -3.61. The highest BCUT2D eigenvalue weighted by Crippen LogP contribution is 2.27. The van der Waals surface area contributed by atoms with Crippen LogP contribution in [0.25, 0.3) is 10.2 Å². The van der Waals surface area contributed by atoms with Crippen LogP contribution in [0.3, 0.4) is 0 Å². The third kappa shape index (κ3) is 5.59. The first-order valence-corrected chi connectivity index (χ1v) is 14.0. The maximum atomic E-state index is 13.2. The minimum Gasteiger partial charge on any atom is -0.495 e. The lowest BCUT2D eigenvalue weighted by Crippen LogP contribution is -2.33. The molecule has 0 aliphatic rings. The third-order valence-electron chi connectivity index (χ3n) is 5.66. The van der Waals surface area contributed by atoms with Crippen molar-refractivity contribution in [1.29, 1.82) is 0 Å². The van der Waals surface area contributed by atoms with E-state index in [9.17, 15) is 13.2 Å². The quantitative estimate of drug-likeness (QED) is 0.366. The van der Waals surface area contributed by atoms with E-state index in [1.54, 1.807) is 23.5 Å². The molecule has 0 spiro atoms. The van der Waals surface area contributed by atoms with Crippen LogP contribution in [0, 0.1) is 0 Å². The largest absolute Gasteiger partial charge is 0.495 e. The van der Waals surface area contributed by atoms with E-state index < -0.39 is 15.9 Å². The third-order valence-corrected chi connectivity index (χ3v) is 8.62. The van der Waals surface area contributed by atoms with Crippen LogP contribution in [-0.4, -0.2) is 43.4 Å². The summed E-state index contributed by atoms with van der Waals surface area (Å²) in [6, 6.07) is 11.9. The van der Waals surface area contributed by atoms with Crippen LogP contribution in [0.1, 0.15) is 56.8 Å². The topological polar surface area (TPSA) is 81.0 Å². The molecule has 184 valence electrons. The van der Waals surface area contributed by atoms with Crippen molar-refractivity contribution in [3.8, 4) is 5.75 Å². The molecule has 7 nitrogen and oxygen atoms in total. The Hall–Kier alpha value is -2.49. The predicted molar refractivity (Wildman–Crippen MR) is 137 cm³/mol. The molecule has 2 aromatic carbocycles. The summed E-state index contributed by atoms with van der Waals surface area (Å²) in [5.41, 5.74) is 1.25. The molecule has 3 rings (SSSR count). The van der Waals surface area contributed by atoms with Gasteiger partial charge in [0, 0.05) is 25.2 Å². The number of methoxy groups -OCH3 is 1. The molecule has 0 aliphatic heterocycles. The number of benzene rings is 2. The molecule has 9 heteroatoms. The van der Waals surface area contributed by atoms with Crippen molar-refractivity contribution in [2.75, 3.05) is 20.2 Å². The van der Waals surface area contributed by atoms with Crippen molar-refractivity contribution in [2.24, 2.45) is 4.99 Å². The minimum absolute atomic E-state index is 0.200. The first-order valence-electron chi connectivity index (χ1n) is 11.7. The second kappa shape index (κ2) is 11.8. The van der Waals surface area contributed by atoms with Gasteiger partial charge in [0.05, 0.1) is 16.7 Å². The molecule has 1 amide bonds. The number of nitrogens with zero attached hydrogens (tertiary/aromatic N) is 3. The van der Waals surface area contributed by atoms with E-state index >= 15 is 0 Å². The van der Waals surface area contributed by atoms with Crippen LogP contribution in [0.15, 0.2) is 52.4 Å². The Bertz CT molecular complexity index is 1280. The lowest BCUT2D eigenvalue weighted by Gasteiger charge is -2.22. The van der Waals surface area contributed by atoms with E-state index in [1.165, 1.54) is 23.5 Å². The number of aryl methyl sites for hydroxylation is 1. The fraction of sp³-hybridized carbons (Fsp3) is 0.440. The molecule has 3 aromatic rings. The Morgan fingerprint density at radius 1 is 1.03 bits per heavy atom. The SMILES string of the molecule is CCCCN(CCCC)S(=O)(=O)c1ccc(C(=O)N=c2sc3cccc(OC)c3n2CC)cc1. The van der Waals surface area contributed by atoms with E-state index in [1.807, 2.05) is 43.5 Å². The summed E-state index contributed by atoms with van der Waals surface area (Å²) < 4.78 is 36.3. The number of hydrogen-bond donors (Lipinski definition) is 0. The normalized spacial score (nSPS) is 12.6. The van der Waals surface area contributed by atoms with Gasteiger partial charge in [-0.05, 0) is 56.2 Å². The zero-order chi connectivity index (χ0) is 24.7. The van der Waals surface area contributed by atoms with E-state index in [4.69, 9.17) is 4.74 Å². The average Bonchev–Trinajstić information content (AvgIpc) is 3.21. The van der Waals surface area contributed by atoms with Crippen LogP contribution in [-0.2, 0) is 16.6 Å². The molecule has 0 N–H and O–H groups in total. The molecule has 0 saturated carbocycles. The number of rotatable bonds is 11. The first kappa shape index (κ1) is 26.1. The number of unbranched alkanes of at least 4 members (excludes halogenated alkanes) is 2. The van der Waals surface area contributed by atoms with Gasteiger partial charge in [0.1, 0.15) is 11.3 Å². The maximum absolute atomic E-state index is 13.2. The lowest BCUT2D eigenvalue weighted by molar-refractivity contribution is 0.0997. The number of sulfonamides is 1. The molecular weight excluding hydrogens is 470 g/mol. The molecule has 1 aromatic heterocycles. The Kier molecular flexibility index (Phi) is 9.04. The van der Waals surface area contributed by atoms with Gasteiger partial charge in [-0.25, -0.2) is 8.42 Å². The molecule has 0 unspecified atom stereocenters. The molecule has 0 saturated heterocycles. The number of aromatic nitrogens is 1. The Labute approximate surface area is 205 Å². The molecule has 0 radical (unpaired) electrons. The Morgan fingerprint density at radius 2 is 1.68 bits per heavy atom. The van der Waals surface area contributed by atoms with Gasteiger partial charge in [0.25, 0.3) is 5.91 Å². The summed E-state index contributed by atoms with van der Waals surface area (Å²) in [6.45, 7) is 7.72. The molecule has 0 atom stereocenters. The zero-order valence-corrected chi connectivity index (χ0v) is 21.9. The van der Waals surface area contributed by atoms with E-state index in [0.717, 1.165) is 41.6 Å². The molecule has 0 bridgehead atoms. The Balaban J connectivity index is 1.91. The molecule has 0 aliphatic carbocycles. The Morgan fingerprint density at radius 3 is 2.24 bits per heavy atom. The fourth-order valence-corrected chi connectivity index (χ4v) is 6.36. The van der Waals surface area contributed by atoms with Crippen LogP contribution in [0.5, 0.6) is 5.75 Å². The summed E-state index contributed by atoms with van der Waals surface area (Å²) in [5.74, 6) is 0.320. The summed E-state index contributed by atoms with van der Waals surface area (Å²) in [6.07, 6.45) is 3.48. The molecular formula is C25H33N3O4S2. The van der Waals surface area contributed by atoms with Crippen LogP contribution in [0.2, 0.25) is 0 Å². The number of amides is 1. The standard InChI is InChI=1S/C25H33N3O4S2/c1-5-8-17-27(18-9-6-2)34(30,31)20-15-13-19(14-16-20)24(29)26-25-28(7-3)23-21(32-4)11-10-12-22(23)33-25/h10-16H,5-9,17-18H2,1-4H3. The number of para-hydroxylation sites is 1. The molecule has 0 fully saturated rings. The summed E-state index contributed by atoms with van der Waals surface area (Å²) in [4.78, 5) is 18.1. The fourth-order valence-electron chi connectivity index (χ4n) is 3.73. The van der Waals surface area contributed by atoms with Crippen molar-refractivity contribution in [3.05, 3.63) is 52.8 Å². The second-order valence-corrected chi connectivity index (χ2v) is 10.9. The lowest BCUT2D eigenvalue weighted by atomic mass is 10.2. The van der Waals surface area contributed by atoms with Crippen molar-refractivity contribution >= 4 is 37.5 Å². The van der Waals surface area contributed by atoms with Gasteiger partial charge in [0.15, 0.2) is 4.80 Å².